The molecule has 0 aliphatic carbocycles. The number of hydrogen-bond donors (Lipinski definition) is 1. The number of carboxylic acid groups (broad SMARTS) is 1. The van der Waals surface area contributed by atoms with E-state index in [1.165, 1.54) is 55.7 Å². The lowest BCUT2D eigenvalue weighted by Gasteiger charge is -2.29. The molecule has 1 heterocycles. The molecule has 0 saturated carbocycles. The van der Waals surface area contributed by atoms with Crippen LogP contribution in [0.1, 0.15) is 76.5 Å². The van der Waals surface area contributed by atoms with Gasteiger partial charge in [0.15, 0.2) is 0 Å². The van der Waals surface area contributed by atoms with Crippen molar-refractivity contribution < 1.29 is 23.1 Å². The SMILES string of the molecule is CC.CC(=O)O.CC(C)c1ccc(N2CCCCC2)cc1.Cc1ccc(C(F)(F)F)cc1. The number of nitrogens with zero attached hydrogens (tertiary/aromatic N) is 1. The summed E-state index contributed by atoms with van der Waals surface area (Å²) in [6.45, 7) is 13.8. The summed E-state index contributed by atoms with van der Waals surface area (Å²) in [7, 11) is 0. The van der Waals surface area contributed by atoms with Gasteiger partial charge in [0.1, 0.15) is 0 Å². The van der Waals surface area contributed by atoms with Crippen LogP contribution in [0, 0.1) is 6.92 Å². The van der Waals surface area contributed by atoms with Crippen molar-refractivity contribution in [2.24, 2.45) is 0 Å². The van der Waals surface area contributed by atoms with E-state index < -0.39 is 17.7 Å². The van der Waals surface area contributed by atoms with Crippen LogP contribution in [0.3, 0.4) is 0 Å². The second-order valence-corrected chi connectivity index (χ2v) is 7.68. The maximum atomic E-state index is 11.9. The van der Waals surface area contributed by atoms with E-state index in [-0.39, 0.29) is 0 Å². The number of halogens is 3. The van der Waals surface area contributed by atoms with Crippen LogP contribution in [0.25, 0.3) is 0 Å². The normalized spacial score (nSPS) is 13.0. The third-order valence-corrected chi connectivity index (χ3v) is 4.66. The number of rotatable bonds is 2. The molecule has 1 aliphatic rings. The maximum absolute atomic E-state index is 11.9. The Labute approximate surface area is 191 Å². The summed E-state index contributed by atoms with van der Waals surface area (Å²) < 4.78 is 35.8. The smallest absolute Gasteiger partial charge is 0.416 e. The molecule has 180 valence electrons. The van der Waals surface area contributed by atoms with Gasteiger partial charge in [-0.25, -0.2) is 0 Å². The van der Waals surface area contributed by atoms with Gasteiger partial charge in [-0.3, -0.25) is 4.79 Å². The molecule has 1 saturated heterocycles. The lowest BCUT2D eigenvalue weighted by atomic mass is 10.0. The molecule has 0 radical (unpaired) electrons. The molecule has 0 spiro atoms. The van der Waals surface area contributed by atoms with Crippen molar-refractivity contribution in [3.63, 3.8) is 0 Å². The molecule has 0 aromatic heterocycles. The van der Waals surface area contributed by atoms with E-state index in [0.29, 0.717) is 5.92 Å². The quantitative estimate of drug-likeness (QED) is 0.502. The van der Waals surface area contributed by atoms with Crippen LogP contribution in [-0.4, -0.2) is 24.2 Å². The van der Waals surface area contributed by atoms with Gasteiger partial charge in [-0.2, -0.15) is 13.2 Å². The van der Waals surface area contributed by atoms with E-state index in [0.717, 1.165) is 24.6 Å². The zero-order valence-corrected chi connectivity index (χ0v) is 20.2. The minimum Gasteiger partial charge on any atom is -0.481 e. The highest BCUT2D eigenvalue weighted by atomic mass is 19.4. The highest BCUT2D eigenvalue weighted by Gasteiger charge is 2.29. The number of benzene rings is 2. The topological polar surface area (TPSA) is 40.5 Å². The first-order chi connectivity index (χ1) is 15.0. The van der Waals surface area contributed by atoms with Crippen molar-refractivity contribution >= 4 is 11.7 Å². The van der Waals surface area contributed by atoms with E-state index in [4.69, 9.17) is 9.90 Å². The van der Waals surface area contributed by atoms with Crippen molar-refractivity contribution in [1.82, 2.24) is 0 Å². The minimum atomic E-state index is -4.21. The molecule has 1 aliphatic heterocycles. The Morgan fingerprint density at radius 2 is 1.34 bits per heavy atom. The fourth-order valence-corrected chi connectivity index (χ4v) is 2.96. The summed E-state index contributed by atoms with van der Waals surface area (Å²) in [6.07, 6.45) is -0.105. The van der Waals surface area contributed by atoms with Crippen LogP contribution in [0.2, 0.25) is 0 Å². The van der Waals surface area contributed by atoms with E-state index in [2.05, 4.69) is 43.0 Å². The van der Waals surface area contributed by atoms with Crippen LogP contribution >= 0.6 is 0 Å². The number of alkyl halides is 3. The fraction of sp³-hybridized carbons (Fsp3) is 0.500. The maximum Gasteiger partial charge on any atom is 0.416 e. The third kappa shape index (κ3) is 12.4. The van der Waals surface area contributed by atoms with E-state index in [9.17, 15) is 13.2 Å². The van der Waals surface area contributed by atoms with E-state index in [1.54, 1.807) is 6.92 Å². The Morgan fingerprint density at radius 3 is 1.72 bits per heavy atom. The largest absolute Gasteiger partial charge is 0.481 e. The first-order valence-electron chi connectivity index (χ1n) is 11.2. The Morgan fingerprint density at radius 1 is 0.906 bits per heavy atom. The predicted molar refractivity (Wildman–Crippen MR) is 127 cm³/mol. The summed E-state index contributed by atoms with van der Waals surface area (Å²) in [5.74, 6) is -0.194. The van der Waals surface area contributed by atoms with Gasteiger partial charge in [0.2, 0.25) is 0 Å². The minimum absolute atomic E-state index is 0.594. The Kier molecular flexibility index (Phi) is 14.1. The number of carboxylic acids is 1. The van der Waals surface area contributed by atoms with Crippen LogP contribution in [0.4, 0.5) is 18.9 Å². The zero-order chi connectivity index (χ0) is 24.7. The van der Waals surface area contributed by atoms with Gasteiger partial charge in [0.25, 0.3) is 5.97 Å². The molecular weight excluding hydrogens is 415 g/mol. The van der Waals surface area contributed by atoms with Crippen molar-refractivity contribution in [2.45, 2.75) is 72.9 Å². The van der Waals surface area contributed by atoms with Crippen LogP contribution < -0.4 is 4.90 Å². The average Bonchev–Trinajstić information content (AvgIpc) is 2.76. The molecule has 1 fully saturated rings. The number of carbonyl (C=O) groups is 1. The number of hydrogen-bond acceptors (Lipinski definition) is 2. The van der Waals surface area contributed by atoms with Gasteiger partial charge in [-0.05, 0) is 61.9 Å². The zero-order valence-electron chi connectivity index (χ0n) is 20.2. The molecule has 6 heteroatoms. The number of piperidine rings is 1. The molecule has 0 unspecified atom stereocenters. The van der Waals surface area contributed by atoms with E-state index in [1.807, 2.05) is 13.8 Å². The molecule has 3 rings (SSSR count). The second kappa shape index (κ2) is 15.3. The Hall–Kier alpha value is -2.50. The van der Waals surface area contributed by atoms with Crippen molar-refractivity contribution in [1.29, 1.82) is 0 Å². The molecule has 0 atom stereocenters. The molecule has 1 N–H and O–H groups in total. The Bertz CT molecular complexity index is 744. The van der Waals surface area contributed by atoms with Crippen LogP contribution in [-0.2, 0) is 11.0 Å². The summed E-state index contributed by atoms with van der Waals surface area (Å²) in [4.78, 5) is 11.5. The first-order valence-corrected chi connectivity index (χ1v) is 11.2. The van der Waals surface area contributed by atoms with Crippen molar-refractivity contribution in [2.75, 3.05) is 18.0 Å². The molecule has 0 bridgehead atoms. The van der Waals surface area contributed by atoms with Crippen molar-refractivity contribution in [3.05, 3.63) is 65.2 Å². The summed E-state index contributed by atoms with van der Waals surface area (Å²) in [5, 5.41) is 7.42. The molecule has 0 amide bonds. The number of aliphatic carboxylic acids is 1. The molecule has 2 aromatic carbocycles. The van der Waals surface area contributed by atoms with Crippen molar-refractivity contribution in [3.8, 4) is 0 Å². The lowest BCUT2D eigenvalue weighted by Crippen LogP contribution is -2.29. The average molecular weight is 454 g/mol. The Balaban J connectivity index is 0.000000498. The number of aryl methyl sites for hydroxylation is 1. The van der Waals surface area contributed by atoms with E-state index >= 15 is 0 Å². The van der Waals surface area contributed by atoms with Crippen LogP contribution in [0.15, 0.2) is 48.5 Å². The van der Waals surface area contributed by atoms with Gasteiger partial charge >= 0.3 is 6.18 Å². The van der Waals surface area contributed by atoms with Crippen LogP contribution in [0.5, 0.6) is 0 Å². The standard InChI is InChI=1S/C14H21N.C8H7F3.C2H4O2.C2H6/c1-12(2)13-6-8-14(9-7-13)15-10-4-3-5-11-15;1-6-2-4-7(5-3-6)8(9,10)11;1-2(3)4;1-2/h6-9,12H,3-5,10-11H2,1-2H3;2-5H,1H3;1H3,(H,3,4);1-2H3. The molecule has 2 aromatic rings. The third-order valence-electron chi connectivity index (χ3n) is 4.66. The van der Waals surface area contributed by atoms with Gasteiger partial charge in [0, 0.05) is 25.7 Å². The monoisotopic (exact) mass is 453 g/mol. The highest BCUT2D eigenvalue weighted by molar-refractivity contribution is 5.63. The summed E-state index contributed by atoms with van der Waals surface area (Å²) >= 11 is 0. The van der Waals surface area contributed by atoms with Gasteiger partial charge in [-0.15, -0.1) is 0 Å². The molecular formula is C26H38F3NO2. The molecule has 32 heavy (non-hydrogen) atoms. The molecule has 3 nitrogen and oxygen atoms in total. The summed E-state index contributed by atoms with van der Waals surface area (Å²) in [6, 6.07) is 14.2. The van der Waals surface area contributed by atoms with Gasteiger partial charge in [0.05, 0.1) is 5.56 Å². The summed E-state index contributed by atoms with van der Waals surface area (Å²) in [5.41, 5.74) is 3.08. The highest BCUT2D eigenvalue weighted by Crippen LogP contribution is 2.28. The lowest BCUT2D eigenvalue weighted by molar-refractivity contribution is -0.137. The fourth-order valence-electron chi connectivity index (χ4n) is 2.96. The van der Waals surface area contributed by atoms with Gasteiger partial charge in [-0.1, -0.05) is 57.5 Å². The van der Waals surface area contributed by atoms with Gasteiger partial charge < -0.3 is 10.0 Å². The second-order valence-electron chi connectivity index (χ2n) is 7.68. The predicted octanol–water partition coefficient (Wildman–Crippen LogP) is 7.93. The number of anilines is 1. The first kappa shape index (κ1) is 29.5.